The van der Waals surface area contributed by atoms with E-state index in [1.807, 2.05) is 0 Å². The van der Waals surface area contributed by atoms with Crippen molar-refractivity contribution in [3.63, 3.8) is 0 Å². The number of aromatic amines is 1. The summed E-state index contributed by atoms with van der Waals surface area (Å²) in [5, 5.41) is 10.5. The standard InChI is InChI=1S/C34H45FN8O10/c1-19(2)27(40-25(44)9-5-4-6-15-42-26(45)16-20(3)31(42)49)30(48)39-24(8-7-14-37-32(36)50)29(47)38-22-12-10-21(11-13-22)18-53-34(52)43-17-23(35)28(46)41-33(43)51/h10-13,17,19-20,24,27H,4-9,14-16,18H2,1-3H3,(H,38,47)(H,39,48)(H,40,44)(H3,36,37,50)(H,41,46,51)/t20?,24-,27?/m0/s1. The number of nitrogens with zero attached hydrogens (tertiary/aromatic N) is 2. The number of carbonyl (C=O) groups is 7. The van der Waals surface area contributed by atoms with Crippen molar-refractivity contribution < 1.29 is 42.7 Å². The number of ether oxygens (including phenoxy) is 1. The maximum Gasteiger partial charge on any atom is 0.422 e. The van der Waals surface area contributed by atoms with E-state index in [4.69, 9.17) is 10.5 Å². The molecule has 1 fully saturated rings. The molecule has 2 unspecified atom stereocenters. The summed E-state index contributed by atoms with van der Waals surface area (Å²) >= 11 is 0. The Morgan fingerprint density at radius 2 is 1.68 bits per heavy atom. The molecule has 18 nitrogen and oxygen atoms in total. The Bertz CT molecular complexity index is 1790. The van der Waals surface area contributed by atoms with Crippen LogP contribution in [0.4, 0.5) is 19.7 Å². The van der Waals surface area contributed by atoms with Crippen molar-refractivity contribution in [2.24, 2.45) is 17.6 Å². The van der Waals surface area contributed by atoms with Crippen LogP contribution in [0.1, 0.15) is 71.3 Å². The van der Waals surface area contributed by atoms with Crippen LogP contribution in [0.15, 0.2) is 40.1 Å². The van der Waals surface area contributed by atoms with E-state index in [1.165, 1.54) is 29.2 Å². The molecule has 1 aliphatic rings. The van der Waals surface area contributed by atoms with E-state index >= 15 is 0 Å². The summed E-state index contributed by atoms with van der Waals surface area (Å²) in [4.78, 5) is 113. The molecule has 3 rings (SSSR count). The summed E-state index contributed by atoms with van der Waals surface area (Å²) in [6.07, 6.45) is 1.46. The van der Waals surface area contributed by atoms with E-state index in [0.717, 1.165) is 0 Å². The fourth-order valence-corrected chi connectivity index (χ4v) is 5.36. The van der Waals surface area contributed by atoms with Crippen LogP contribution in [-0.2, 0) is 35.3 Å². The van der Waals surface area contributed by atoms with Gasteiger partial charge in [-0.25, -0.2) is 19.0 Å². The number of hydrogen-bond acceptors (Lipinski definition) is 10. The lowest BCUT2D eigenvalue weighted by atomic mass is 10.0. The van der Waals surface area contributed by atoms with Crippen molar-refractivity contribution in [3.8, 4) is 0 Å². The molecule has 2 heterocycles. The van der Waals surface area contributed by atoms with Gasteiger partial charge in [0, 0.05) is 37.5 Å². The average molecular weight is 745 g/mol. The van der Waals surface area contributed by atoms with Crippen molar-refractivity contribution in [1.82, 2.24) is 30.4 Å². The van der Waals surface area contributed by atoms with E-state index in [1.54, 1.807) is 25.8 Å². The molecular formula is C34H45FN8O10. The van der Waals surface area contributed by atoms with Gasteiger partial charge in [0.25, 0.3) is 5.56 Å². The van der Waals surface area contributed by atoms with Crippen LogP contribution in [0.2, 0.25) is 0 Å². The lowest BCUT2D eigenvalue weighted by Gasteiger charge is -2.25. The number of nitrogens with two attached hydrogens (primary N) is 1. The molecule has 1 aromatic carbocycles. The van der Waals surface area contributed by atoms with Crippen molar-refractivity contribution in [2.45, 2.75) is 84.4 Å². The molecule has 3 atom stereocenters. The third kappa shape index (κ3) is 12.7. The molecule has 288 valence electrons. The molecular weight excluding hydrogens is 699 g/mol. The van der Waals surface area contributed by atoms with Crippen molar-refractivity contribution in [3.05, 3.63) is 62.7 Å². The first-order valence-electron chi connectivity index (χ1n) is 17.1. The van der Waals surface area contributed by atoms with Gasteiger partial charge in [0.1, 0.15) is 18.7 Å². The molecule has 7 amide bonds. The minimum absolute atomic E-state index is 0.0934. The van der Waals surface area contributed by atoms with E-state index in [2.05, 4.69) is 21.3 Å². The third-order valence-electron chi connectivity index (χ3n) is 8.30. The first kappa shape index (κ1) is 41.5. The average Bonchev–Trinajstić information content (AvgIpc) is 3.34. The van der Waals surface area contributed by atoms with Gasteiger partial charge in [0.15, 0.2) is 0 Å². The zero-order chi connectivity index (χ0) is 39.2. The van der Waals surface area contributed by atoms with E-state index in [0.29, 0.717) is 43.3 Å². The Morgan fingerprint density at radius 3 is 2.30 bits per heavy atom. The summed E-state index contributed by atoms with van der Waals surface area (Å²) in [5.74, 6) is -3.98. The van der Waals surface area contributed by atoms with Crippen LogP contribution in [0, 0.1) is 17.7 Å². The molecule has 19 heteroatoms. The highest BCUT2D eigenvalue weighted by atomic mass is 19.1. The third-order valence-corrected chi connectivity index (χ3v) is 8.30. The van der Waals surface area contributed by atoms with Gasteiger partial charge in [-0.3, -0.25) is 38.7 Å². The number of likely N-dealkylation sites (tertiary alicyclic amines) is 1. The topological polar surface area (TPSA) is 261 Å². The van der Waals surface area contributed by atoms with Gasteiger partial charge in [0.05, 0.1) is 6.20 Å². The second kappa shape index (κ2) is 19.7. The van der Waals surface area contributed by atoms with Gasteiger partial charge in [-0.15, -0.1) is 0 Å². The molecule has 1 aromatic heterocycles. The highest BCUT2D eigenvalue weighted by molar-refractivity contribution is 6.03. The zero-order valence-corrected chi connectivity index (χ0v) is 29.7. The maximum absolute atomic E-state index is 13.5. The Morgan fingerprint density at radius 1 is 0.981 bits per heavy atom. The van der Waals surface area contributed by atoms with Crippen LogP contribution in [-0.4, -0.2) is 81.3 Å². The second-order valence-corrected chi connectivity index (χ2v) is 12.9. The van der Waals surface area contributed by atoms with E-state index < -0.39 is 53.1 Å². The van der Waals surface area contributed by atoms with Crippen LogP contribution in [0.5, 0.6) is 0 Å². The number of unbranched alkanes of at least 4 members (excludes halogenated alkanes) is 2. The van der Waals surface area contributed by atoms with Gasteiger partial charge in [-0.2, -0.15) is 4.39 Å². The molecule has 0 spiro atoms. The van der Waals surface area contributed by atoms with Gasteiger partial charge < -0.3 is 31.7 Å². The number of urea groups is 1. The monoisotopic (exact) mass is 744 g/mol. The Hall–Kier alpha value is -5.88. The van der Waals surface area contributed by atoms with Gasteiger partial charge in [0.2, 0.25) is 35.4 Å². The lowest BCUT2D eigenvalue weighted by molar-refractivity contribution is -0.139. The molecule has 0 radical (unpaired) electrons. The highest BCUT2D eigenvalue weighted by Gasteiger charge is 2.35. The summed E-state index contributed by atoms with van der Waals surface area (Å²) in [6, 6.07) is 3.14. The number of H-pyrrole nitrogens is 1. The largest absolute Gasteiger partial charge is 0.444 e. The quantitative estimate of drug-likeness (QED) is 0.0925. The van der Waals surface area contributed by atoms with Gasteiger partial charge in [-0.1, -0.05) is 39.3 Å². The molecule has 1 saturated heterocycles. The van der Waals surface area contributed by atoms with E-state index in [9.17, 15) is 47.5 Å². The Labute approximate surface area is 303 Å². The molecule has 0 aliphatic carbocycles. The molecule has 7 N–H and O–H groups in total. The highest BCUT2D eigenvalue weighted by Crippen LogP contribution is 2.19. The number of imide groups is 1. The van der Waals surface area contributed by atoms with Crippen molar-refractivity contribution in [1.29, 1.82) is 0 Å². The number of halogens is 1. The van der Waals surface area contributed by atoms with Gasteiger partial charge >= 0.3 is 17.8 Å². The molecule has 53 heavy (non-hydrogen) atoms. The number of primary amides is 1. The molecule has 0 saturated carbocycles. The SMILES string of the molecule is CC1CC(=O)N(CCCCCC(=O)NC(C(=O)N[C@@H](CCCNC(N)=O)C(=O)Nc2ccc(COC(=O)n3cc(F)c(=O)[nH]c3=O)cc2)C(C)C)C1=O. The first-order valence-corrected chi connectivity index (χ1v) is 17.1. The number of amides is 7. The van der Waals surface area contributed by atoms with Crippen LogP contribution >= 0.6 is 0 Å². The van der Waals surface area contributed by atoms with Crippen molar-refractivity contribution in [2.75, 3.05) is 18.4 Å². The lowest BCUT2D eigenvalue weighted by Crippen LogP contribution is -2.54. The van der Waals surface area contributed by atoms with Crippen LogP contribution in [0.25, 0.3) is 0 Å². The predicted molar refractivity (Wildman–Crippen MR) is 186 cm³/mol. The fraction of sp³-hybridized carbons (Fsp3) is 0.500. The summed E-state index contributed by atoms with van der Waals surface area (Å²) in [6.45, 7) is 5.27. The van der Waals surface area contributed by atoms with Gasteiger partial charge in [-0.05, 0) is 49.3 Å². The van der Waals surface area contributed by atoms with E-state index in [-0.39, 0.29) is 73.0 Å². The smallest absolute Gasteiger partial charge is 0.422 e. The zero-order valence-electron chi connectivity index (χ0n) is 29.7. The first-order chi connectivity index (χ1) is 25.1. The maximum atomic E-state index is 13.5. The number of hydrogen-bond donors (Lipinski definition) is 6. The number of nitrogens with one attached hydrogen (secondary N) is 5. The number of anilines is 1. The molecule has 1 aliphatic heterocycles. The van der Waals surface area contributed by atoms with Crippen molar-refractivity contribution >= 4 is 47.3 Å². The summed E-state index contributed by atoms with van der Waals surface area (Å²) < 4.78 is 18.8. The second-order valence-electron chi connectivity index (χ2n) is 12.9. The van der Waals surface area contributed by atoms with Crippen LogP contribution < -0.4 is 38.2 Å². The fourth-order valence-electron chi connectivity index (χ4n) is 5.36. The molecule has 2 aromatic rings. The van der Waals surface area contributed by atoms with Crippen LogP contribution in [0.3, 0.4) is 0 Å². The molecule has 0 bridgehead atoms. The normalized spacial score (nSPS) is 15.1. The number of rotatable bonds is 18. The predicted octanol–water partition coefficient (Wildman–Crippen LogP) is 0.829. The number of benzene rings is 1. The summed E-state index contributed by atoms with van der Waals surface area (Å²) in [7, 11) is 0. The summed E-state index contributed by atoms with van der Waals surface area (Å²) in [5.41, 5.74) is 3.40. The Balaban J connectivity index is 1.55. The number of aromatic nitrogens is 2. The Kier molecular flexibility index (Phi) is 15.4. The minimum atomic E-state index is -1.35. The number of carbonyl (C=O) groups excluding carboxylic acids is 7. The minimum Gasteiger partial charge on any atom is -0.444 e.